The number of aryl methyl sites for hydroxylation is 1. The normalized spacial score (nSPS) is 18.7. The highest BCUT2D eigenvalue weighted by Gasteiger charge is 2.43. The van der Waals surface area contributed by atoms with Crippen LogP contribution in [0.4, 0.5) is 0 Å². The van der Waals surface area contributed by atoms with Gasteiger partial charge in [0, 0.05) is 0 Å². The van der Waals surface area contributed by atoms with Gasteiger partial charge in [0.05, 0.1) is 16.7 Å². The topological polar surface area (TPSA) is 46.3 Å². The van der Waals surface area contributed by atoms with E-state index in [1.165, 1.54) is 0 Å². The first-order valence-electron chi connectivity index (χ1n) is 4.79. The van der Waals surface area contributed by atoms with Gasteiger partial charge in [-0.1, -0.05) is 17.3 Å². The van der Waals surface area contributed by atoms with Crippen LogP contribution in [-0.2, 0) is 5.60 Å². The summed E-state index contributed by atoms with van der Waals surface area (Å²) in [6.45, 7) is 1.90. The zero-order valence-corrected chi connectivity index (χ0v) is 7.95. The van der Waals surface area contributed by atoms with Crippen LogP contribution < -0.4 is 0 Å². The number of nitrogens with zero attached hydrogens (tertiary/aromatic N) is 1. The first-order valence-corrected chi connectivity index (χ1v) is 4.79. The van der Waals surface area contributed by atoms with Crippen LogP contribution in [0.15, 0.2) is 22.7 Å². The molecule has 1 aromatic carbocycles. The van der Waals surface area contributed by atoms with Crippen molar-refractivity contribution in [3.8, 4) is 0 Å². The summed E-state index contributed by atoms with van der Waals surface area (Å²) in [6.07, 6.45) is 1.69. The standard InChI is InChI=1S/C11H11NO2/c1-7-10-8(11(13)5-6-11)3-2-4-9(10)14-12-7/h2-4,13H,5-6H2,1H3. The Morgan fingerprint density at radius 3 is 2.93 bits per heavy atom. The Kier molecular flexibility index (Phi) is 1.35. The SMILES string of the molecule is Cc1noc2cccc(C3(O)CC3)c12. The quantitative estimate of drug-likeness (QED) is 0.747. The molecule has 1 heterocycles. The third kappa shape index (κ3) is 0.930. The van der Waals surface area contributed by atoms with E-state index in [0.29, 0.717) is 0 Å². The second-order valence-corrected chi connectivity index (χ2v) is 3.98. The van der Waals surface area contributed by atoms with Crippen molar-refractivity contribution in [1.82, 2.24) is 5.16 Å². The van der Waals surface area contributed by atoms with Crippen LogP contribution in [0.2, 0.25) is 0 Å². The van der Waals surface area contributed by atoms with Gasteiger partial charge in [-0.05, 0) is 31.4 Å². The number of benzene rings is 1. The number of hydrogen-bond donors (Lipinski definition) is 1. The van der Waals surface area contributed by atoms with Crippen molar-refractivity contribution in [3.63, 3.8) is 0 Å². The van der Waals surface area contributed by atoms with Crippen molar-refractivity contribution >= 4 is 11.0 Å². The van der Waals surface area contributed by atoms with Crippen LogP contribution >= 0.6 is 0 Å². The molecule has 3 nitrogen and oxygen atoms in total. The van der Waals surface area contributed by atoms with Crippen LogP contribution in [0.3, 0.4) is 0 Å². The van der Waals surface area contributed by atoms with E-state index < -0.39 is 5.60 Å². The lowest BCUT2D eigenvalue weighted by molar-refractivity contribution is 0.153. The summed E-state index contributed by atoms with van der Waals surface area (Å²) in [4.78, 5) is 0. The van der Waals surface area contributed by atoms with E-state index in [-0.39, 0.29) is 0 Å². The average Bonchev–Trinajstić information content (AvgIpc) is 2.83. The van der Waals surface area contributed by atoms with Gasteiger partial charge in [-0.15, -0.1) is 0 Å². The monoisotopic (exact) mass is 189 g/mol. The molecule has 72 valence electrons. The minimum Gasteiger partial charge on any atom is -0.385 e. The zero-order chi connectivity index (χ0) is 9.76. The first-order chi connectivity index (χ1) is 6.71. The highest BCUT2D eigenvalue weighted by atomic mass is 16.5. The molecule has 0 bridgehead atoms. The minimum atomic E-state index is -0.615. The maximum atomic E-state index is 10.1. The molecule has 3 rings (SSSR count). The summed E-state index contributed by atoms with van der Waals surface area (Å²) in [7, 11) is 0. The molecule has 0 unspecified atom stereocenters. The van der Waals surface area contributed by atoms with E-state index in [4.69, 9.17) is 4.52 Å². The smallest absolute Gasteiger partial charge is 0.167 e. The van der Waals surface area contributed by atoms with Gasteiger partial charge < -0.3 is 9.63 Å². The van der Waals surface area contributed by atoms with E-state index in [0.717, 1.165) is 35.1 Å². The van der Waals surface area contributed by atoms with Gasteiger partial charge in [-0.25, -0.2) is 0 Å². The predicted molar refractivity (Wildman–Crippen MR) is 51.9 cm³/mol. The van der Waals surface area contributed by atoms with Crippen LogP contribution in [-0.4, -0.2) is 10.3 Å². The van der Waals surface area contributed by atoms with Crippen LogP contribution in [0, 0.1) is 6.92 Å². The average molecular weight is 189 g/mol. The lowest BCUT2D eigenvalue weighted by Gasteiger charge is -2.08. The highest BCUT2D eigenvalue weighted by Crippen LogP contribution is 2.48. The van der Waals surface area contributed by atoms with Gasteiger partial charge in [0.2, 0.25) is 0 Å². The lowest BCUT2D eigenvalue weighted by atomic mass is 10.0. The van der Waals surface area contributed by atoms with Crippen LogP contribution in [0.5, 0.6) is 0 Å². The summed E-state index contributed by atoms with van der Waals surface area (Å²) < 4.78 is 5.15. The highest BCUT2D eigenvalue weighted by molar-refractivity contribution is 5.84. The van der Waals surface area contributed by atoms with Crippen molar-refractivity contribution in [2.75, 3.05) is 0 Å². The van der Waals surface area contributed by atoms with Crippen molar-refractivity contribution in [2.45, 2.75) is 25.4 Å². The number of fused-ring (bicyclic) bond motifs is 1. The minimum absolute atomic E-state index is 0.615. The zero-order valence-electron chi connectivity index (χ0n) is 7.95. The molecule has 0 radical (unpaired) electrons. The molecular weight excluding hydrogens is 178 g/mol. The van der Waals surface area contributed by atoms with E-state index >= 15 is 0 Å². The van der Waals surface area contributed by atoms with E-state index in [1.807, 2.05) is 25.1 Å². The summed E-state index contributed by atoms with van der Waals surface area (Å²) >= 11 is 0. The van der Waals surface area contributed by atoms with Gasteiger partial charge in [0.1, 0.15) is 0 Å². The number of aliphatic hydroxyl groups is 1. The molecule has 1 saturated carbocycles. The molecule has 1 aliphatic rings. The Bertz CT molecular complexity index is 497. The molecule has 14 heavy (non-hydrogen) atoms. The second-order valence-electron chi connectivity index (χ2n) is 3.98. The largest absolute Gasteiger partial charge is 0.385 e. The molecular formula is C11H11NO2. The van der Waals surface area contributed by atoms with Crippen molar-refractivity contribution in [3.05, 3.63) is 29.5 Å². The van der Waals surface area contributed by atoms with Crippen molar-refractivity contribution in [1.29, 1.82) is 0 Å². The van der Waals surface area contributed by atoms with Crippen LogP contribution in [0.1, 0.15) is 24.1 Å². The molecule has 3 heteroatoms. The summed E-state index contributed by atoms with van der Waals surface area (Å²) in [5, 5.41) is 15.0. The number of rotatable bonds is 1. The van der Waals surface area contributed by atoms with Gasteiger partial charge in [-0.3, -0.25) is 0 Å². The Morgan fingerprint density at radius 1 is 1.43 bits per heavy atom. The van der Waals surface area contributed by atoms with Gasteiger partial charge in [0.25, 0.3) is 0 Å². The molecule has 2 aromatic rings. The van der Waals surface area contributed by atoms with Gasteiger partial charge in [0.15, 0.2) is 5.58 Å². The van der Waals surface area contributed by atoms with Gasteiger partial charge >= 0.3 is 0 Å². The van der Waals surface area contributed by atoms with E-state index in [1.54, 1.807) is 0 Å². The van der Waals surface area contributed by atoms with Crippen LogP contribution in [0.25, 0.3) is 11.0 Å². The summed E-state index contributed by atoms with van der Waals surface area (Å²) in [5.74, 6) is 0. The molecule has 0 amide bonds. The summed E-state index contributed by atoms with van der Waals surface area (Å²) in [6, 6.07) is 5.74. The lowest BCUT2D eigenvalue weighted by Crippen LogP contribution is -2.04. The molecule has 0 saturated heterocycles. The molecule has 1 N–H and O–H groups in total. The fourth-order valence-electron chi connectivity index (χ4n) is 1.92. The van der Waals surface area contributed by atoms with E-state index in [9.17, 15) is 5.11 Å². The third-order valence-corrected chi connectivity index (χ3v) is 2.89. The Balaban J connectivity index is 2.37. The maximum absolute atomic E-state index is 10.1. The fourth-order valence-corrected chi connectivity index (χ4v) is 1.92. The first kappa shape index (κ1) is 8.00. The summed E-state index contributed by atoms with van der Waals surface area (Å²) in [5.41, 5.74) is 1.97. The molecule has 1 aliphatic carbocycles. The van der Waals surface area contributed by atoms with Gasteiger partial charge in [-0.2, -0.15) is 0 Å². The Hall–Kier alpha value is -1.35. The van der Waals surface area contributed by atoms with Crippen molar-refractivity contribution in [2.24, 2.45) is 0 Å². The molecule has 0 atom stereocenters. The molecule has 0 spiro atoms. The second kappa shape index (κ2) is 2.36. The fraction of sp³-hybridized carbons (Fsp3) is 0.364. The Labute approximate surface area is 81.3 Å². The van der Waals surface area contributed by atoms with Crippen molar-refractivity contribution < 1.29 is 9.63 Å². The molecule has 1 fully saturated rings. The number of hydrogen-bond acceptors (Lipinski definition) is 3. The number of aromatic nitrogens is 1. The maximum Gasteiger partial charge on any atom is 0.167 e. The Morgan fingerprint density at radius 2 is 2.21 bits per heavy atom. The molecule has 0 aliphatic heterocycles. The molecule has 1 aromatic heterocycles. The van der Waals surface area contributed by atoms with E-state index in [2.05, 4.69) is 5.16 Å². The predicted octanol–water partition coefficient (Wildman–Crippen LogP) is 2.12. The third-order valence-electron chi connectivity index (χ3n) is 2.89.